The highest BCUT2D eigenvalue weighted by Gasteiger charge is 2.14. The van der Waals surface area contributed by atoms with Crippen LogP contribution in [0.25, 0.3) is 0 Å². The average molecular weight is 302 g/mol. The van der Waals surface area contributed by atoms with Crippen LogP contribution in [-0.2, 0) is 7.05 Å². The first-order valence-corrected chi connectivity index (χ1v) is 7.50. The Hall–Kier alpha value is -1.88. The standard InChI is InChI=1S/C16H22N4S/c1-11(14-8-6-5-7-9-14)17-16(21)18-12(2)15-10-20(4)19-13(15)3/h5-12H,1-4H3,(H2,17,18,21). The molecule has 2 rings (SSSR count). The summed E-state index contributed by atoms with van der Waals surface area (Å²) in [6.07, 6.45) is 2.02. The molecule has 0 bridgehead atoms. The third-order valence-electron chi connectivity index (χ3n) is 3.51. The first-order chi connectivity index (χ1) is 9.97. The minimum atomic E-state index is 0.127. The highest BCUT2D eigenvalue weighted by atomic mass is 32.1. The molecule has 0 radical (unpaired) electrons. The van der Waals surface area contributed by atoms with Gasteiger partial charge in [0.15, 0.2) is 5.11 Å². The Labute approximate surface area is 131 Å². The van der Waals surface area contributed by atoms with Gasteiger partial charge in [-0.3, -0.25) is 4.68 Å². The fraction of sp³-hybridized carbons (Fsp3) is 0.375. The molecule has 112 valence electrons. The summed E-state index contributed by atoms with van der Waals surface area (Å²) in [6, 6.07) is 10.6. The molecular weight excluding hydrogens is 280 g/mol. The number of benzene rings is 1. The van der Waals surface area contributed by atoms with Gasteiger partial charge in [0, 0.05) is 18.8 Å². The molecule has 0 aliphatic carbocycles. The molecule has 2 aromatic rings. The van der Waals surface area contributed by atoms with Gasteiger partial charge in [0.05, 0.1) is 17.8 Å². The van der Waals surface area contributed by atoms with Gasteiger partial charge in [0.1, 0.15) is 0 Å². The molecular formula is C16H22N4S. The van der Waals surface area contributed by atoms with Crippen molar-refractivity contribution in [3.8, 4) is 0 Å². The first kappa shape index (κ1) is 15.5. The molecule has 0 spiro atoms. The van der Waals surface area contributed by atoms with E-state index in [1.807, 2.05) is 43.0 Å². The van der Waals surface area contributed by atoms with E-state index < -0.39 is 0 Å². The molecule has 1 aromatic carbocycles. The molecule has 1 aromatic heterocycles. The number of thiocarbonyl (C=S) groups is 1. The van der Waals surface area contributed by atoms with Crippen LogP contribution >= 0.6 is 12.2 Å². The summed E-state index contributed by atoms with van der Waals surface area (Å²) in [6.45, 7) is 6.20. The fourth-order valence-corrected chi connectivity index (χ4v) is 2.73. The van der Waals surface area contributed by atoms with E-state index in [0.29, 0.717) is 5.11 Å². The zero-order valence-corrected chi connectivity index (χ0v) is 13.7. The zero-order chi connectivity index (χ0) is 15.4. The molecule has 1 heterocycles. The third kappa shape index (κ3) is 4.04. The number of rotatable bonds is 4. The molecule has 0 saturated heterocycles. The van der Waals surface area contributed by atoms with Crippen molar-refractivity contribution in [2.45, 2.75) is 32.9 Å². The Morgan fingerprint density at radius 3 is 2.33 bits per heavy atom. The molecule has 0 fully saturated rings. The van der Waals surface area contributed by atoms with Crippen molar-refractivity contribution in [3.05, 3.63) is 53.3 Å². The van der Waals surface area contributed by atoms with Gasteiger partial charge >= 0.3 is 0 Å². The van der Waals surface area contributed by atoms with Crippen LogP contribution in [0.1, 0.15) is 42.8 Å². The minimum absolute atomic E-state index is 0.127. The number of hydrogen-bond acceptors (Lipinski definition) is 2. The predicted molar refractivity (Wildman–Crippen MR) is 90.1 cm³/mol. The lowest BCUT2D eigenvalue weighted by molar-refractivity contribution is 0.653. The molecule has 21 heavy (non-hydrogen) atoms. The van der Waals surface area contributed by atoms with E-state index in [-0.39, 0.29) is 12.1 Å². The maximum Gasteiger partial charge on any atom is 0.167 e. The highest BCUT2D eigenvalue weighted by Crippen LogP contribution is 2.16. The number of nitrogens with zero attached hydrogens (tertiary/aromatic N) is 2. The molecule has 0 saturated carbocycles. The van der Waals surface area contributed by atoms with Crippen LogP contribution in [0.4, 0.5) is 0 Å². The quantitative estimate of drug-likeness (QED) is 0.852. The highest BCUT2D eigenvalue weighted by molar-refractivity contribution is 7.80. The lowest BCUT2D eigenvalue weighted by Gasteiger charge is -2.20. The Balaban J connectivity index is 1.94. The number of aromatic nitrogens is 2. The number of nitrogens with one attached hydrogen (secondary N) is 2. The van der Waals surface area contributed by atoms with Gasteiger partial charge < -0.3 is 10.6 Å². The molecule has 4 nitrogen and oxygen atoms in total. The van der Waals surface area contributed by atoms with Crippen molar-refractivity contribution >= 4 is 17.3 Å². The van der Waals surface area contributed by atoms with Gasteiger partial charge in [-0.1, -0.05) is 30.3 Å². The summed E-state index contributed by atoms with van der Waals surface area (Å²) in [7, 11) is 1.93. The van der Waals surface area contributed by atoms with E-state index in [1.165, 1.54) is 5.56 Å². The van der Waals surface area contributed by atoms with Crippen LogP contribution in [0.5, 0.6) is 0 Å². The van der Waals surface area contributed by atoms with Crippen molar-refractivity contribution in [2.75, 3.05) is 0 Å². The normalized spacial score (nSPS) is 13.5. The summed E-state index contributed by atoms with van der Waals surface area (Å²) >= 11 is 5.41. The van der Waals surface area contributed by atoms with Gasteiger partial charge in [0.25, 0.3) is 0 Å². The van der Waals surface area contributed by atoms with Crippen LogP contribution < -0.4 is 10.6 Å². The van der Waals surface area contributed by atoms with E-state index in [0.717, 1.165) is 11.3 Å². The van der Waals surface area contributed by atoms with Crippen molar-refractivity contribution in [2.24, 2.45) is 7.05 Å². The Morgan fingerprint density at radius 1 is 1.14 bits per heavy atom. The van der Waals surface area contributed by atoms with Gasteiger partial charge in [-0.15, -0.1) is 0 Å². The molecule has 2 atom stereocenters. The smallest absolute Gasteiger partial charge is 0.167 e. The third-order valence-corrected chi connectivity index (χ3v) is 3.75. The van der Waals surface area contributed by atoms with Crippen molar-refractivity contribution < 1.29 is 0 Å². The van der Waals surface area contributed by atoms with E-state index in [1.54, 1.807) is 0 Å². The maximum absolute atomic E-state index is 5.41. The van der Waals surface area contributed by atoms with Gasteiger partial charge in [-0.25, -0.2) is 0 Å². The Morgan fingerprint density at radius 2 is 1.76 bits per heavy atom. The van der Waals surface area contributed by atoms with Crippen molar-refractivity contribution in [3.63, 3.8) is 0 Å². The second-order valence-electron chi connectivity index (χ2n) is 5.32. The van der Waals surface area contributed by atoms with Crippen molar-refractivity contribution in [1.29, 1.82) is 0 Å². The van der Waals surface area contributed by atoms with Crippen molar-refractivity contribution in [1.82, 2.24) is 20.4 Å². The molecule has 2 N–H and O–H groups in total. The minimum Gasteiger partial charge on any atom is -0.356 e. The summed E-state index contributed by atoms with van der Waals surface area (Å²) in [5.41, 5.74) is 3.40. The first-order valence-electron chi connectivity index (χ1n) is 7.09. The second-order valence-corrected chi connectivity index (χ2v) is 5.72. The number of hydrogen-bond donors (Lipinski definition) is 2. The molecule has 2 unspecified atom stereocenters. The van der Waals surface area contributed by atoms with Crippen LogP contribution in [0.2, 0.25) is 0 Å². The second kappa shape index (κ2) is 6.72. The largest absolute Gasteiger partial charge is 0.356 e. The van der Waals surface area contributed by atoms with Crippen LogP contribution in [0, 0.1) is 6.92 Å². The monoisotopic (exact) mass is 302 g/mol. The lowest BCUT2D eigenvalue weighted by atomic mass is 10.1. The SMILES string of the molecule is Cc1nn(C)cc1C(C)NC(=S)NC(C)c1ccccc1. The van der Waals surface area contributed by atoms with E-state index in [9.17, 15) is 0 Å². The van der Waals surface area contributed by atoms with Crippen LogP contribution in [-0.4, -0.2) is 14.9 Å². The van der Waals surface area contributed by atoms with E-state index in [2.05, 4.69) is 41.7 Å². The molecule has 5 heteroatoms. The lowest BCUT2D eigenvalue weighted by Crippen LogP contribution is -2.38. The fourth-order valence-electron chi connectivity index (χ4n) is 2.38. The summed E-state index contributed by atoms with van der Waals surface area (Å²) in [5.74, 6) is 0. The van der Waals surface area contributed by atoms with E-state index >= 15 is 0 Å². The summed E-state index contributed by atoms with van der Waals surface area (Å²) < 4.78 is 1.83. The Bertz CT molecular complexity index is 606. The molecule has 0 aliphatic rings. The summed E-state index contributed by atoms with van der Waals surface area (Å²) in [5, 5.41) is 11.6. The predicted octanol–water partition coefficient (Wildman–Crippen LogP) is 3.01. The zero-order valence-electron chi connectivity index (χ0n) is 12.9. The van der Waals surface area contributed by atoms with Gasteiger partial charge in [0.2, 0.25) is 0 Å². The summed E-state index contributed by atoms with van der Waals surface area (Å²) in [4.78, 5) is 0. The topological polar surface area (TPSA) is 41.9 Å². The van der Waals surface area contributed by atoms with Crippen LogP contribution in [0.3, 0.4) is 0 Å². The van der Waals surface area contributed by atoms with E-state index in [4.69, 9.17) is 12.2 Å². The number of aryl methyl sites for hydroxylation is 2. The van der Waals surface area contributed by atoms with Gasteiger partial charge in [-0.05, 0) is 38.6 Å². The molecule has 0 amide bonds. The van der Waals surface area contributed by atoms with Crippen LogP contribution in [0.15, 0.2) is 36.5 Å². The maximum atomic E-state index is 5.41. The molecule has 0 aliphatic heterocycles. The van der Waals surface area contributed by atoms with Gasteiger partial charge in [-0.2, -0.15) is 5.10 Å². The Kier molecular flexibility index (Phi) is 4.96. The average Bonchev–Trinajstić information content (AvgIpc) is 2.78.